The molecule has 1 aliphatic heterocycles. The second-order valence-corrected chi connectivity index (χ2v) is 5.98. The molecular weight excluding hydrogens is 323 g/mol. The molecule has 1 aliphatic rings. The number of hydrogen-bond acceptors (Lipinski definition) is 3. The molecule has 1 heterocycles. The van der Waals surface area contributed by atoms with Gasteiger partial charge in [0.1, 0.15) is 11.6 Å². The average Bonchev–Trinajstić information content (AvgIpc) is 3.10. The van der Waals surface area contributed by atoms with Crippen molar-refractivity contribution in [1.29, 1.82) is 0 Å². The maximum absolute atomic E-state index is 13.4. The molecule has 2 aromatic rings. The smallest absolute Gasteiger partial charge is 0.261 e. The Morgan fingerprint density at radius 2 is 1.96 bits per heavy atom. The van der Waals surface area contributed by atoms with Crippen LogP contribution in [0.1, 0.15) is 34.8 Å². The molecule has 3 rings (SSSR count). The van der Waals surface area contributed by atoms with Crippen molar-refractivity contribution in [2.75, 3.05) is 13.2 Å². The van der Waals surface area contributed by atoms with Gasteiger partial charge in [0.05, 0.1) is 6.04 Å². The van der Waals surface area contributed by atoms with E-state index in [1.54, 1.807) is 35.2 Å². The lowest BCUT2D eigenvalue weighted by Crippen LogP contribution is -2.34. The lowest BCUT2D eigenvalue weighted by molar-refractivity contribution is -0.134. The summed E-state index contributed by atoms with van der Waals surface area (Å²) in [5.41, 5.74) is 6.36. The molecule has 1 saturated heterocycles. The van der Waals surface area contributed by atoms with E-state index < -0.39 is 5.91 Å². The first-order valence-electron chi connectivity index (χ1n) is 8.12. The topological polar surface area (TPSA) is 72.6 Å². The van der Waals surface area contributed by atoms with E-state index in [0.29, 0.717) is 17.9 Å². The van der Waals surface area contributed by atoms with Crippen LogP contribution in [0.5, 0.6) is 5.75 Å². The zero-order chi connectivity index (χ0) is 17.8. The van der Waals surface area contributed by atoms with Gasteiger partial charge in [-0.15, -0.1) is 0 Å². The first kappa shape index (κ1) is 17.0. The summed E-state index contributed by atoms with van der Waals surface area (Å²) in [6, 6.07) is 12.5. The maximum Gasteiger partial charge on any atom is 0.261 e. The van der Waals surface area contributed by atoms with Crippen LogP contribution < -0.4 is 10.5 Å². The number of nitrogens with zero attached hydrogens (tertiary/aromatic N) is 1. The van der Waals surface area contributed by atoms with Crippen LogP contribution in [0.15, 0.2) is 48.5 Å². The Bertz CT molecular complexity index is 776. The second kappa shape index (κ2) is 7.34. The van der Waals surface area contributed by atoms with Gasteiger partial charge in [0.15, 0.2) is 6.61 Å². The zero-order valence-corrected chi connectivity index (χ0v) is 13.7. The SMILES string of the molecule is NC(=O)c1ccc(OCC(=O)N2CCCC2c2cccc(F)c2)cc1. The number of ether oxygens (including phenoxy) is 1. The summed E-state index contributed by atoms with van der Waals surface area (Å²) in [4.78, 5) is 25.3. The number of hydrogen-bond donors (Lipinski definition) is 1. The van der Waals surface area contributed by atoms with Gasteiger partial charge in [-0.25, -0.2) is 4.39 Å². The van der Waals surface area contributed by atoms with E-state index in [-0.39, 0.29) is 24.4 Å². The van der Waals surface area contributed by atoms with Crippen molar-refractivity contribution in [2.45, 2.75) is 18.9 Å². The van der Waals surface area contributed by atoms with Crippen molar-refractivity contribution in [1.82, 2.24) is 4.90 Å². The summed E-state index contributed by atoms with van der Waals surface area (Å²) < 4.78 is 19.0. The normalized spacial score (nSPS) is 16.7. The van der Waals surface area contributed by atoms with Crippen molar-refractivity contribution in [2.24, 2.45) is 5.73 Å². The maximum atomic E-state index is 13.4. The highest BCUT2D eigenvalue weighted by atomic mass is 19.1. The number of nitrogens with two attached hydrogens (primary N) is 1. The number of halogens is 1. The van der Waals surface area contributed by atoms with Crippen LogP contribution in [0.4, 0.5) is 4.39 Å². The molecule has 2 N–H and O–H groups in total. The Morgan fingerprint density at radius 1 is 1.20 bits per heavy atom. The van der Waals surface area contributed by atoms with Gasteiger partial charge in [-0.3, -0.25) is 9.59 Å². The summed E-state index contributed by atoms with van der Waals surface area (Å²) in [7, 11) is 0. The summed E-state index contributed by atoms with van der Waals surface area (Å²) >= 11 is 0. The Balaban J connectivity index is 1.63. The minimum Gasteiger partial charge on any atom is -0.484 e. The monoisotopic (exact) mass is 342 g/mol. The van der Waals surface area contributed by atoms with Crippen molar-refractivity contribution in [3.63, 3.8) is 0 Å². The van der Waals surface area contributed by atoms with E-state index in [9.17, 15) is 14.0 Å². The van der Waals surface area contributed by atoms with E-state index in [0.717, 1.165) is 18.4 Å². The molecule has 2 aromatic carbocycles. The number of carbonyl (C=O) groups is 2. The molecule has 0 bridgehead atoms. The van der Waals surface area contributed by atoms with Crippen molar-refractivity contribution in [3.05, 3.63) is 65.5 Å². The van der Waals surface area contributed by atoms with Crippen LogP contribution in [-0.4, -0.2) is 29.9 Å². The first-order valence-corrected chi connectivity index (χ1v) is 8.12. The minimum atomic E-state index is -0.516. The molecular formula is C19H19FN2O3. The number of likely N-dealkylation sites (tertiary alicyclic amines) is 1. The van der Waals surface area contributed by atoms with Crippen LogP contribution in [-0.2, 0) is 4.79 Å². The highest BCUT2D eigenvalue weighted by Gasteiger charge is 2.30. The number of carbonyl (C=O) groups excluding carboxylic acids is 2. The predicted molar refractivity (Wildman–Crippen MR) is 90.5 cm³/mol. The lowest BCUT2D eigenvalue weighted by atomic mass is 10.0. The lowest BCUT2D eigenvalue weighted by Gasteiger charge is -2.25. The Labute approximate surface area is 145 Å². The molecule has 0 saturated carbocycles. The van der Waals surface area contributed by atoms with Crippen LogP contribution in [0, 0.1) is 5.82 Å². The molecule has 1 fully saturated rings. The molecule has 0 aromatic heterocycles. The van der Waals surface area contributed by atoms with Gasteiger partial charge in [0.25, 0.3) is 5.91 Å². The average molecular weight is 342 g/mol. The van der Waals surface area contributed by atoms with Gasteiger partial charge in [-0.05, 0) is 54.8 Å². The highest BCUT2D eigenvalue weighted by Crippen LogP contribution is 2.32. The fourth-order valence-electron chi connectivity index (χ4n) is 3.07. The van der Waals surface area contributed by atoms with Gasteiger partial charge in [-0.2, -0.15) is 0 Å². The van der Waals surface area contributed by atoms with Gasteiger partial charge >= 0.3 is 0 Å². The second-order valence-electron chi connectivity index (χ2n) is 5.98. The van der Waals surface area contributed by atoms with Gasteiger partial charge in [0.2, 0.25) is 5.91 Å². The quantitative estimate of drug-likeness (QED) is 0.908. The Hall–Kier alpha value is -2.89. The first-order chi connectivity index (χ1) is 12.0. The number of amides is 2. The third-order valence-corrected chi connectivity index (χ3v) is 4.31. The van der Waals surface area contributed by atoms with E-state index in [4.69, 9.17) is 10.5 Å². The zero-order valence-electron chi connectivity index (χ0n) is 13.7. The van der Waals surface area contributed by atoms with E-state index in [1.165, 1.54) is 12.1 Å². The van der Waals surface area contributed by atoms with E-state index >= 15 is 0 Å². The predicted octanol–water partition coefficient (Wildman–Crippen LogP) is 2.67. The van der Waals surface area contributed by atoms with Crippen molar-refractivity contribution < 1.29 is 18.7 Å². The molecule has 1 atom stereocenters. The number of rotatable bonds is 5. The molecule has 1 unspecified atom stereocenters. The summed E-state index contributed by atoms with van der Waals surface area (Å²) in [6.07, 6.45) is 1.68. The molecule has 25 heavy (non-hydrogen) atoms. The summed E-state index contributed by atoms with van der Waals surface area (Å²) in [6.45, 7) is 0.520. The molecule has 5 nitrogen and oxygen atoms in total. The minimum absolute atomic E-state index is 0.109. The van der Waals surface area contributed by atoms with Crippen LogP contribution >= 0.6 is 0 Å². The third-order valence-electron chi connectivity index (χ3n) is 4.31. The summed E-state index contributed by atoms with van der Waals surface area (Å²) in [5, 5.41) is 0. The van der Waals surface area contributed by atoms with Crippen LogP contribution in [0.3, 0.4) is 0 Å². The third kappa shape index (κ3) is 3.96. The summed E-state index contributed by atoms with van der Waals surface area (Å²) in [5.74, 6) is -0.481. The van der Waals surface area contributed by atoms with Gasteiger partial charge in [0, 0.05) is 12.1 Å². The number of benzene rings is 2. The van der Waals surface area contributed by atoms with Crippen molar-refractivity contribution in [3.8, 4) is 5.75 Å². The fraction of sp³-hybridized carbons (Fsp3) is 0.263. The number of primary amides is 1. The molecule has 0 aliphatic carbocycles. The van der Waals surface area contributed by atoms with E-state index in [2.05, 4.69) is 0 Å². The fourth-order valence-corrected chi connectivity index (χ4v) is 3.07. The molecule has 6 heteroatoms. The highest BCUT2D eigenvalue weighted by molar-refractivity contribution is 5.92. The Kier molecular flexibility index (Phi) is 4.97. The standard InChI is InChI=1S/C19H19FN2O3/c20-15-4-1-3-14(11-15)17-5-2-10-22(17)18(23)12-25-16-8-6-13(7-9-16)19(21)24/h1,3-4,6-9,11,17H,2,5,10,12H2,(H2,21,24). The Morgan fingerprint density at radius 3 is 2.64 bits per heavy atom. The van der Waals surface area contributed by atoms with E-state index in [1.807, 2.05) is 6.07 Å². The molecule has 0 spiro atoms. The molecule has 130 valence electrons. The molecule has 0 radical (unpaired) electrons. The molecule has 2 amide bonds. The van der Waals surface area contributed by atoms with Gasteiger partial charge in [-0.1, -0.05) is 12.1 Å². The largest absolute Gasteiger partial charge is 0.484 e. The van der Waals surface area contributed by atoms with Gasteiger partial charge < -0.3 is 15.4 Å². The van der Waals surface area contributed by atoms with Crippen molar-refractivity contribution >= 4 is 11.8 Å². The van der Waals surface area contributed by atoms with Crippen LogP contribution in [0.25, 0.3) is 0 Å². The van der Waals surface area contributed by atoms with Crippen LogP contribution in [0.2, 0.25) is 0 Å².